The van der Waals surface area contributed by atoms with Gasteiger partial charge in [0.05, 0.1) is 14.2 Å². The van der Waals surface area contributed by atoms with Gasteiger partial charge in [0.25, 0.3) is 0 Å². The van der Waals surface area contributed by atoms with E-state index in [1.165, 1.54) is 16.7 Å². The molecule has 0 saturated heterocycles. The van der Waals surface area contributed by atoms with Gasteiger partial charge in [-0.05, 0) is 31.0 Å². The molecule has 1 aromatic rings. The molecule has 1 aromatic carbocycles. The van der Waals surface area contributed by atoms with E-state index in [2.05, 4.69) is 55.0 Å². The summed E-state index contributed by atoms with van der Waals surface area (Å²) >= 11 is 0. The molecule has 0 saturated carbocycles. The molecule has 1 heterocycles. The van der Waals surface area contributed by atoms with E-state index in [4.69, 9.17) is 9.47 Å². The van der Waals surface area contributed by atoms with Crippen LogP contribution in [-0.4, -0.2) is 38.1 Å². The van der Waals surface area contributed by atoms with Gasteiger partial charge in [-0.2, -0.15) is 0 Å². The normalized spacial score (nSPS) is 14.7. The Morgan fingerprint density at radius 1 is 1.23 bits per heavy atom. The fourth-order valence-corrected chi connectivity index (χ4v) is 2.67. The summed E-state index contributed by atoms with van der Waals surface area (Å²) in [7, 11) is 3.36. The highest BCUT2D eigenvalue weighted by molar-refractivity contribution is 5.80. The molecule has 0 N–H and O–H groups in total. The molecule has 0 aromatic heterocycles. The minimum absolute atomic E-state index is 0.788. The van der Waals surface area contributed by atoms with E-state index in [1.807, 2.05) is 0 Å². The van der Waals surface area contributed by atoms with E-state index in [9.17, 15) is 0 Å². The number of hydrogen-bond acceptors (Lipinski definition) is 2. The third kappa shape index (κ3) is 3.79. The van der Waals surface area contributed by atoms with Gasteiger partial charge in [-0.25, -0.2) is 4.58 Å². The van der Waals surface area contributed by atoms with E-state index in [0.717, 1.165) is 37.4 Å². The topological polar surface area (TPSA) is 21.5 Å². The molecular weight excluding hydrogens is 274 g/mol. The largest absolute Gasteiger partial charge is 0.493 e. The van der Waals surface area contributed by atoms with E-state index in [1.54, 1.807) is 14.2 Å². The summed E-state index contributed by atoms with van der Waals surface area (Å²) in [4.78, 5) is 0. The molecule has 0 bridgehead atoms. The maximum absolute atomic E-state index is 5.41. The molecule has 0 unspecified atom stereocenters. The molecule has 118 valence electrons. The molecule has 0 fully saturated rings. The third-order valence-corrected chi connectivity index (χ3v) is 3.96. The minimum Gasteiger partial charge on any atom is -0.493 e. The van der Waals surface area contributed by atoms with Crippen LogP contribution in [-0.2, 0) is 6.42 Å². The van der Waals surface area contributed by atoms with Gasteiger partial charge in [0, 0.05) is 17.6 Å². The van der Waals surface area contributed by atoms with Crippen molar-refractivity contribution in [1.29, 1.82) is 0 Å². The van der Waals surface area contributed by atoms with E-state index in [0.29, 0.717) is 0 Å². The molecule has 0 aliphatic carbocycles. The Morgan fingerprint density at radius 3 is 2.59 bits per heavy atom. The Kier molecular flexibility index (Phi) is 5.82. The van der Waals surface area contributed by atoms with Crippen molar-refractivity contribution in [3.63, 3.8) is 0 Å². The zero-order chi connectivity index (χ0) is 15.9. The molecule has 0 spiro atoms. The summed E-state index contributed by atoms with van der Waals surface area (Å²) in [6.07, 6.45) is 10.9. The second kappa shape index (κ2) is 7.83. The fraction of sp³-hybridized carbons (Fsp3) is 0.421. The van der Waals surface area contributed by atoms with Gasteiger partial charge < -0.3 is 9.47 Å². The number of methoxy groups -OCH3 is 2. The van der Waals surface area contributed by atoms with Crippen LogP contribution in [0.15, 0.2) is 35.9 Å². The first-order valence-electron chi connectivity index (χ1n) is 7.87. The predicted molar refractivity (Wildman–Crippen MR) is 91.6 cm³/mol. The van der Waals surface area contributed by atoms with E-state index < -0.39 is 0 Å². The smallest absolute Gasteiger partial charge is 0.171 e. The van der Waals surface area contributed by atoms with Crippen molar-refractivity contribution in [1.82, 2.24) is 0 Å². The van der Waals surface area contributed by atoms with Crippen LogP contribution in [0, 0.1) is 0 Å². The van der Waals surface area contributed by atoms with Crippen LogP contribution in [0.2, 0.25) is 0 Å². The average molecular weight is 300 g/mol. The predicted octanol–water partition coefficient (Wildman–Crippen LogP) is 3.60. The molecule has 3 heteroatoms. The summed E-state index contributed by atoms with van der Waals surface area (Å²) in [6.45, 7) is 6.23. The Balaban J connectivity index is 2.25. The number of nitrogens with zero attached hydrogens (tertiary/aromatic N) is 1. The highest BCUT2D eigenvalue weighted by Crippen LogP contribution is 2.31. The molecule has 3 nitrogen and oxygen atoms in total. The molecular formula is C19H26NO2+. The number of hydrogen-bond donors (Lipinski definition) is 0. The summed E-state index contributed by atoms with van der Waals surface area (Å²) in [6, 6.07) is 4.16. The second-order valence-electron chi connectivity index (χ2n) is 5.43. The molecule has 0 atom stereocenters. The molecule has 0 amide bonds. The Labute approximate surface area is 133 Å². The van der Waals surface area contributed by atoms with Crippen LogP contribution in [0.5, 0.6) is 11.5 Å². The quantitative estimate of drug-likeness (QED) is 0.591. The lowest BCUT2D eigenvalue weighted by Gasteiger charge is -2.16. The third-order valence-electron chi connectivity index (χ3n) is 3.96. The average Bonchev–Trinajstić information content (AvgIpc) is 2.57. The van der Waals surface area contributed by atoms with E-state index in [-0.39, 0.29) is 0 Å². The van der Waals surface area contributed by atoms with Gasteiger partial charge in [0.2, 0.25) is 0 Å². The summed E-state index contributed by atoms with van der Waals surface area (Å²) < 4.78 is 13.2. The Hall–Kier alpha value is -2.03. The van der Waals surface area contributed by atoms with Gasteiger partial charge in [-0.3, -0.25) is 0 Å². The maximum atomic E-state index is 5.41. The van der Waals surface area contributed by atoms with Crippen LogP contribution in [0.3, 0.4) is 0 Å². The monoisotopic (exact) mass is 300 g/mol. The van der Waals surface area contributed by atoms with Crippen LogP contribution >= 0.6 is 0 Å². The molecule has 22 heavy (non-hydrogen) atoms. The lowest BCUT2D eigenvalue weighted by molar-refractivity contribution is -0.515. The summed E-state index contributed by atoms with van der Waals surface area (Å²) in [5.74, 6) is 1.60. The van der Waals surface area contributed by atoms with Crippen molar-refractivity contribution >= 4 is 6.21 Å². The van der Waals surface area contributed by atoms with Crippen LogP contribution in [0.25, 0.3) is 0 Å². The first kappa shape index (κ1) is 16.3. The number of benzene rings is 1. The molecule has 1 aliphatic heterocycles. The summed E-state index contributed by atoms with van der Waals surface area (Å²) in [5.41, 5.74) is 3.89. The van der Waals surface area contributed by atoms with Crippen molar-refractivity contribution in [2.45, 2.75) is 26.7 Å². The first-order valence-corrected chi connectivity index (χ1v) is 7.87. The molecule has 2 rings (SSSR count). The zero-order valence-electron chi connectivity index (χ0n) is 14.1. The minimum atomic E-state index is 0.788. The van der Waals surface area contributed by atoms with Gasteiger partial charge in [-0.1, -0.05) is 25.2 Å². The Bertz CT molecular complexity index is 612. The van der Waals surface area contributed by atoms with Crippen molar-refractivity contribution in [2.75, 3.05) is 27.3 Å². The fourth-order valence-electron chi connectivity index (χ4n) is 2.67. The lowest BCUT2D eigenvalue weighted by atomic mass is 10.0. The van der Waals surface area contributed by atoms with Gasteiger partial charge in [-0.15, -0.1) is 0 Å². The van der Waals surface area contributed by atoms with Crippen molar-refractivity contribution in [3.8, 4) is 11.5 Å². The van der Waals surface area contributed by atoms with E-state index >= 15 is 0 Å². The molecule has 0 radical (unpaired) electrons. The van der Waals surface area contributed by atoms with Crippen molar-refractivity contribution < 1.29 is 14.0 Å². The maximum Gasteiger partial charge on any atom is 0.171 e. The van der Waals surface area contributed by atoms with Gasteiger partial charge >= 0.3 is 0 Å². The van der Waals surface area contributed by atoms with Gasteiger partial charge in [0.1, 0.15) is 6.54 Å². The van der Waals surface area contributed by atoms with Crippen LogP contribution in [0.1, 0.15) is 31.4 Å². The first-order chi connectivity index (χ1) is 10.7. The highest BCUT2D eigenvalue weighted by Gasteiger charge is 2.19. The second-order valence-corrected chi connectivity index (χ2v) is 5.43. The number of allylic oxidation sites excluding steroid dienone is 2. The lowest BCUT2D eigenvalue weighted by Crippen LogP contribution is -2.24. The van der Waals surface area contributed by atoms with Crippen molar-refractivity contribution in [2.24, 2.45) is 0 Å². The Morgan fingerprint density at radius 2 is 1.95 bits per heavy atom. The summed E-state index contributed by atoms with van der Waals surface area (Å²) in [5, 5.41) is 0. The zero-order valence-corrected chi connectivity index (χ0v) is 14.1. The standard InChI is InChI=1S/C19H26NO2/c1-5-7-8-15(6-2)13-20-10-9-16-11-18(21-3)19(22-4)12-17(16)14-20/h6-8,11-12,14H,5,9-10,13H2,1-4H3/q+1/b8-7-,15-6+. The number of ether oxygens (including phenoxy) is 2. The number of fused-ring (bicyclic) bond motifs is 1. The highest BCUT2D eigenvalue weighted by atomic mass is 16.5. The van der Waals surface area contributed by atoms with Crippen LogP contribution < -0.4 is 9.47 Å². The van der Waals surface area contributed by atoms with Crippen molar-refractivity contribution in [3.05, 3.63) is 47.1 Å². The molecule has 1 aliphatic rings. The SMILES string of the molecule is C/C=C(\C=C/CC)C[N+]1=Cc2cc(OC)c(OC)cc2CC1. The van der Waals surface area contributed by atoms with Crippen LogP contribution in [0.4, 0.5) is 0 Å². The number of rotatable bonds is 6. The van der Waals surface area contributed by atoms with Gasteiger partial charge in [0.15, 0.2) is 24.3 Å².